The van der Waals surface area contributed by atoms with Gasteiger partial charge in [0.15, 0.2) is 0 Å². The number of hydrogen-bond donors (Lipinski definition) is 0. The molecule has 0 aliphatic heterocycles. The minimum Gasteiger partial charge on any atom is -0.497 e. The van der Waals surface area contributed by atoms with E-state index in [0.29, 0.717) is 6.54 Å². The van der Waals surface area contributed by atoms with Crippen molar-refractivity contribution < 1.29 is 14.3 Å². The summed E-state index contributed by atoms with van der Waals surface area (Å²) in [6, 6.07) is 7.62. The van der Waals surface area contributed by atoms with Gasteiger partial charge in [-0.2, -0.15) is 0 Å². The summed E-state index contributed by atoms with van der Waals surface area (Å²) in [5.41, 5.74) is 1.00. The molecular formula is C16H25N3O3. The van der Waals surface area contributed by atoms with Crippen LogP contribution in [-0.2, 0) is 16.1 Å². The van der Waals surface area contributed by atoms with Crippen molar-refractivity contribution >= 4 is 11.8 Å². The molecule has 1 rings (SSSR count). The topological polar surface area (TPSA) is 53.1 Å². The Morgan fingerprint density at radius 1 is 1.05 bits per heavy atom. The quantitative estimate of drug-likeness (QED) is 0.743. The molecule has 6 heteroatoms. The van der Waals surface area contributed by atoms with Crippen molar-refractivity contribution in [3.63, 3.8) is 0 Å². The first-order valence-electron chi connectivity index (χ1n) is 7.09. The predicted octanol–water partition coefficient (Wildman–Crippen LogP) is 0.674. The van der Waals surface area contributed by atoms with Crippen molar-refractivity contribution in [2.75, 3.05) is 48.4 Å². The molecule has 0 unspecified atom stereocenters. The fraction of sp³-hybridized carbons (Fsp3) is 0.500. The van der Waals surface area contributed by atoms with Crippen LogP contribution in [0.4, 0.5) is 0 Å². The van der Waals surface area contributed by atoms with E-state index in [4.69, 9.17) is 4.74 Å². The number of carbonyl (C=O) groups excluding carboxylic acids is 2. The van der Waals surface area contributed by atoms with Crippen molar-refractivity contribution in [2.45, 2.75) is 6.54 Å². The van der Waals surface area contributed by atoms with Gasteiger partial charge in [0, 0.05) is 27.7 Å². The highest BCUT2D eigenvalue weighted by Gasteiger charge is 2.15. The lowest BCUT2D eigenvalue weighted by Gasteiger charge is -2.22. The average molecular weight is 307 g/mol. The maximum absolute atomic E-state index is 12.2. The molecule has 0 spiro atoms. The molecule has 0 heterocycles. The van der Waals surface area contributed by atoms with Gasteiger partial charge in [-0.15, -0.1) is 0 Å². The maximum atomic E-state index is 12.2. The smallest absolute Gasteiger partial charge is 0.236 e. The highest BCUT2D eigenvalue weighted by molar-refractivity contribution is 5.80. The van der Waals surface area contributed by atoms with Gasteiger partial charge in [-0.1, -0.05) is 12.1 Å². The van der Waals surface area contributed by atoms with E-state index in [9.17, 15) is 9.59 Å². The summed E-state index contributed by atoms with van der Waals surface area (Å²) in [5, 5.41) is 0. The lowest BCUT2D eigenvalue weighted by atomic mass is 10.2. The number of ether oxygens (including phenoxy) is 1. The van der Waals surface area contributed by atoms with Crippen LogP contribution in [0, 0.1) is 0 Å². The number of benzene rings is 1. The molecule has 0 fully saturated rings. The van der Waals surface area contributed by atoms with Crippen molar-refractivity contribution in [2.24, 2.45) is 0 Å². The number of amides is 2. The molecule has 0 atom stereocenters. The molecule has 0 radical (unpaired) electrons. The molecule has 0 saturated heterocycles. The van der Waals surface area contributed by atoms with Crippen LogP contribution in [0.5, 0.6) is 5.75 Å². The van der Waals surface area contributed by atoms with Gasteiger partial charge in [0.05, 0.1) is 20.2 Å². The average Bonchev–Trinajstić information content (AvgIpc) is 2.46. The van der Waals surface area contributed by atoms with Crippen molar-refractivity contribution in [3.05, 3.63) is 29.8 Å². The van der Waals surface area contributed by atoms with Gasteiger partial charge in [-0.3, -0.25) is 14.5 Å². The molecule has 22 heavy (non-hydrogen) atoms. The van der Waals surface area contributed by atoms with Crippen molar-refractivity contribution in [3.8, 4) is 5.75 Å². The highest BCUT2D eigenvalue weighted by atomic mass is 16.5. The Hall–Kier alpha value is -2.08. The Balaban J connectivity index is 2.52. The van der Waals surface area contributed by atoms with Crippen LogP contribution in [-0.4, -0.2) is 74.9 Å². The fourth-order valence-electron chi connectivity index (χ4n) is 1.91. The maximum Gasteiger partial charge on any atom is 0.236 e. The minimum absolute atomic E-state index is 0.0225. The third-order valence-electron chi connectivity index (χ3n) is 3.29. The largest absolute Gasteiger partial charge is 0.497 e. The Kier molecular flexibility index (Phi) is 6.85. The summed E-state index contributed by atoms with van der Waals surface area (Å²) in [5.74, 6) is 0.717. The summed E-state index contributed by atoms with van der Waals surface area (Å²) in [7, 11) is 8.53. The van der Waals surface area contributed by atoms with Crippen LogP contribution in [0.15, 0.2) is 24.3 Å². The van der Waals surface area contributed by atoms with Gasteiger partial charge in [-0.05, 0) is 24.7 Å². The Labute approximate surface area is 132 Å². The molecule has 6 nitrogen and oxygen atoms in total. The number of nitrogens with zero attached hydrogens (tertiary/aromatic N) is 3. The molecule has 0 aliphatic rings. The van der Waals surface area contributed by atoms with Crippen LogP contribution < -0.4 is 4.74 Å². The molecule has 2 amide bonds. The highest BCUT2D eigenvalue weighted by Crippen LogP contribution is 2.13. The third kappa shape index (κ3) is 5.73. The van der Waals surface area contributed by atoms with Crippen LogP contribution >= 0.6 is 0 Å². The summed E-state index contributed by atoms with van der Waals surface area (Å²) >= 11 is 0. The van der Waals surface area contributed by atoms with E-state index >= 15 is 0 Å². The molecule has 0 N–H and O–H groups in total. The normalized spacial score (nSPS) is 10.5. The molecule has 1 aromatic rings. The molecule has 0 aliphatic carbocycles. The zero-order chi connectivity index (χ0) is 16.7. The number of methoxy groups -OCH3 is 1. The van der Waals surface area contributed by atoms with Gasteiger partial charge in [0.25, 0.3) is 0 Å². The SMILES string of the molecule is COc1cccc(CN(C)C(=O)CN(C)CC(=O)N(C)C)c1. The van der Waals surface area contributed by atoms with E-state index in [1.807, 2.05) is 24.3 Å². The first-order valence-corrected chi connectivity index (χ1v) is 7.09. The minimum atomic E-state index is -0.0307. The fourth-order valence-corrected chi connectivity index (χ4v) is 1.91. The van der Waals surface area contributed by atoms with E-state index in [0.717, 1.165) is 11.3 Å². The monoisotopic (exact) mass is 307 g/mol. The van der Waals surface area contributed by atoms with E-state index in [-0.39, 0.29) is 24.9 Å². The number of hydrogen-bond acceptors (Lipinski definition) is 4. The first kappa shape index (κ1) is 18.0. The van der Waals surface area contributed by atoms with Crippen LogP contribution in [0.3, 0.4) is 0 Å². The van der Waals surface area contributed by atoms with Crippen LogP contribution in [0.1, 0.15) is 5.56 Å². The predicted molar refractivity (Wildman–Crippen MR) is 85.7 cm³/mol. The van der Waals surface area contributed by atoms with E-state index in [2.05, 4.69) is 0 Å². The Morgan fingerprint density at radius 2 is 1.68 bits per heavy atom. The van der Waals surface area contributed by atoms with Gasteiger partial charge in [0.2, 0.25) is 11.8 Å². The molecule has 0 aromatic heterocycles. The van der Waals surface area contributed by atoms with Crippen molar-refractivity contribution in [1.82, 2.24) is 14.7 Å². The summed E-state index contributed by atoms with van der Waals surface area (Å²) in [6.45, 7) is 0.942. The van der Waals surface area contributed by atoms with Gasteiger partial charge >= 0.3 is 0 Å². The van der Waals surface area contributed by atoms with Crippen LogP contribution in [0.2, 0.25) is 0 Å². The van der Waals surface area contributed by atoms with E-state index in [1.165, 1.54) is 4.90 Å². The molecular weight excluding hydrogens is 282 g/mol. The summed E-state index contributed by atoms with van der Waals surface area (Å²) < 4.78 is 5.17. The molecule has 0 bridgehead atoms. The summed E-state index contributed by atoms with van der Waals surface area (Å²) in [4.78, 5) is 28.7. The zero-order valence-corrected chi connectivity index (χ0v) is 14.0. The lowest BCUT2D eigenvalue weighted by molar-refractivity contribution is -0.133. The van der Waals surface area contributed by atoms with E-state index in [1.54, 1.807) is 45.1 Å². The van der Waals surface area contributed by atoms with Crippen LogP contribution in [0.25, 0.3) is 0 Å². The van der Waals surface area contributed by atoms with Gasteiger partial charge in [0.1, 0.15) is 5.75 Å². The second-order valence-electron chi connectivity index (χ2n) is 5.56. The standard InChI is InChI=1S/C16H25N3O3/c1-17(2)15(20)11-18(3)12-16(21)19(4)10-13-7-6-8-14(9-13)22-5/h6-9H,10-12H2,1-5H3. The van der Waals surface area contributed by atoms with Gasteiger partial charge in [-0.25, -0.2) is 0 Å². The second kappa shape index (κ2) is 8.38. The Bertz CT molecular complexity index is 517. The van der Waals surface area contributed by atoms with Crippen molar-refractivity contribution in [1.29, 1.82) is 0 Å². The molecule has 122 valence electrons. The second-order valence-corrected chi connectivity index (χ2v) is 5.56. The molecule has 0 saturated carbocycles. The lowest BCUT2D eigenvalue weighted by Crippen LogP contribution is -2.41. The third-order valence-corrected chi connectivity index (χ3v) is 3.29. The number of rotatable bonds is 7. The number of likely N-dealkylation sites (N-methyl/N-ethyl adjacent to an activating group) is 3. The first-order chi connectivity index (χ1) is 10.3. The molecule has 1 aromatic carbocycles. The number of carbonyl (C=O) groups is 2. The van der Waals surface area contributed by atoms with E-state index < -0.39 is 0 Å². The summed E-state index contributed by atoms with van der Waals surface area (Å²) in [6.07, 6.45) is 0. The zero-order valence-electron chi connectivity index (χ0n) is 14.0. The van der Waals surface area contributed by atoms with Gasteiger partial charge < -0.3 is 14.5 Å². The Morgan fingerprint density at radius 3 is 2.27 bits per heavy atom.